The Morgan fingerprint density at radius 2 is 1.60 bits per heavy atom. The van der Waals surface area contributed by atoms with Crippen molar-refractivity contribution in [2.24, 2.45) is 0 Å². The van der Waals surface area contributed by atoms with E-state index in [2.05, 4.69) is 5.32 Å². The van der Waals surface area contributed by atoms with Crippen molar-refractivity contribution in [1.82, 2.24) is 10.2 Å². The van der Waals surface area contributed by atoms with Crippen LogP contribution in [0.5, 0.6) is 17.2 Å². The van der Waals surface area contributed by atoms with E-state index >= 15 is 0 Å². The van der Waals surface area contributed by atoms with E-state index in [0.29, 0.717) is 23.6 Å². The summed E-state index contributed by atoms with van der Waals surface area (Å²) in [6.07, 6.45) is 4.25. The Bertz CT molecular complexity index is 1570. The van der Waals surface area contributed by atoms with Crippen molar-refractivity contribution in [3.8, 4) is 17.2 Å². The van der Waals surface area contributed by atoms with Crippen molar-refractivity contribution >= 4 is 27.5 Å². The molecule has 3 aromatic rings. The summed E-state index contributed by atoms with van der Waals surface area (Å²) in [5.41, 5.74) is 2.00. The van der Waals surface area contributed by atoms with Crippen LogP contribution in [0.15, 0.2) is 71.6 Å². The molecule has 0 unspecified atom stereocenters. The summed E-state index contributed by atoms with van der Waals surface area (Å²) >= 11 is 0. The maximum atomic E-state index is 14.4. The summed E-state index contributed by atoms with van der Waals surface area (Å²) in [6.45, 7) is 3.30. The summed E-state index contributed by atoms with van der Waals surface area (Å²) in [5, 5.41) is 3.13. The van der Waals surface area contributed by atoms with Gasteiger partial charge in [0.25, 0.3) is 10.0 Å². The molecule has 1 aliphatic carbocycles. The fraction of sp³-hybridized carbons (Fsp3) is 0.412. The second-order valence-electron chi connectivity index (χ2n) is 11.2. The van der Waals surface area contributed by atoms with E-state index in [1.807, 2.05) is 26.0 Å². The molecule has 0 bridgehead atoms. The number of ether oxygens (including phenoxy) is 3. The molecule has 45 heavy (non-hydrogen) atoms. The number of carbonyl (C=O) groups is 2. The van der Waals surface area contributed by atoms with Gasteiger partial charge in [0.2, 0.25) is 11.8 Å². The maximum Gasteiger partial charge on any atom is 0.264 e. The van der Waals surface area contributed by atoms with Gasteiger partial charge in [-0.05, 0) is 68.1 Å². The van der Waals surface area contributed by atoms with Crippen LogP contribution in [0.3, 0.4) is 0 Å². The molecule has 2 amide bonds. The van der Waals surface area contributed by atoms with Crippen molar-refractivity contribution < 1.29 is 32.2 Å². The molecule has 1 saturated carbocycles. The van der Waals surface area contributed by atoms with Gasteiger partial charge in [0.1, 0.15) is 18.3 Å². The lowest BCUT2D eigenvalue weighted by Crippen LogP contribution is -2.53. The summed E-state index contributed by atoms with van der Waals surface area (Å²) < 4.78 is 45.6. The quantitative estimate of drug-likeness (QED) is 0.262. The Kier molecular flexibility index (Phi) is 11.3. The first kappa shape index (κ1) is 33.6. The van der Waals surface area contributed by atoms with E-state index in [0.717, 1.165) is 41.1 Å². The lowest BCUT2D eigenvalue weighted by atomic mass is 10.1. The molecule has 3 aromatic carbocycles. The third-order valence-corrected chi connectivity index (χ3v) is 9.89. The van der Waals surface area contributed by atoms with E-state index in [-0.39, 0.29) is 29.1 Å². The van der Waals surface area contributed by atoms with Crippen molar-refractivity contribution in [3.05, 3.63) is 77.9 Å². The van der Waals surface area contributed by atoms with Crippen molar-refractivity contribution in [2.75, 3.05) is 32.2 Å². The van der Waals surface area contributed by atoms with Gasteiger partial charge in [0.05, 0.1) is 31.9 Å². The molecule has 0 heterocycles. The van der Waals surface area contributed by atoms with Crippen molar-refractivity contribution in [2.45, 2.75) is 69.5 Å². The predicted molar refractivity (Wildman–Crippen MR) is 173 cm³/mol. The molecular weight excluding hydrogens is 594 g/mol. The summed E-state index contributed by atoms with van der Waals surface area (Å²) in [6, 6.07) is 17.7. The summed E-state index contributed by atoms with van der Waals surface area (Å²) in [7, 11) is 0.171. The minimum atomic E-state index is -4.28. The van der Waals surface area contributed by atoms with Gasteiger partial charge in [-0.3, -0.25) is 13.9 Å². The zero-order valence-electron chi connectivity index (χ0n) is 26.6. The molecule has 11 heteroatoms. The Morgan fingerprint density at radius 3 is 2.22 bits per heavy atom. The number of benzene rings is 3. The second kappa shape index (κ2) is 15.2. The van der Waals surface area contributed by atoms with E-state index in [9.17, 15) is 18.0 Å². The number of sulfonamides is 1. The number of nitrogens with zero attached hydrogens (tertiary/aromatic N) is 2. The molecular formula is C34H43N3O7S. The highest BCUT2D eigenvalue weighted by Gasteiger charge is 2.35. The number of hydrogen-bond acceptors (Lipinski definition) is 7. The van der Waals surface area contributed by atoms with Crippen LogP contribution in [0.25, 0.3) is 0 Å². The van der Waals surface area contributed by atoms with E-state index in [1.54, 1.807) is 43.5 Å². The van der Waals surface area contributed by atoms with Gasteiger partial charge in [-0.25, -0.2) is 8.42 Å². The average molecular weight is 638 g/mol. The minimum absolute atomic E-state index is 0.0646. The van der Waals surface area contributed by atoms with Crippen LogP contribution in [0.1, 0.15) is 50.2 Å². The van der Waals surface area contributed by atoms with Gasteiger partial charge < -0.3 is 24.4 Å². The Morgan fingerprint density at radius 1 is 0.911 bits per heavy atom. The lowest BCUT2D eigenvalue weighted by Gasteiger charge is -2.34. The normalized spacial score (nSPS) is 14.0. The number of nitrogens with one attached hydrogen (secondary N) is 1. The van der Waals surface area contributed by atoms with Crippen LogP contribution >= 0.6 is 0 Å². The number of amides is 2. The fourth-order valence-electron chi connectivity index (χ4n) is 5.60. The van der Waals surface area contributed by atoms with Crippen LogP contribution in [0, 0.1) is 6.92 Å². The van der Waals surface area contributed by atoms with Crippen LogP contribution in [-0.2, 0) is 26.2 Å². The zero-order chi connectivity index (χ0) is 32.6. The fourth-order valence-corrected chi connectivity index (χ4v) is 7.03. The van der Waals surface area contributed by atoms with Crippen LogP contribution < -0.4 is 23.8 Å². The standard InChI is InChI=1S/C34H43N3O7S/c1-6-30(34(39)35-26-11-7-8-12-26)36(22-25-10-9-13-28(20-25)42-3)33(38)23-37(27-16-14-24(2)15-17-27)45(40,41)29-18-19-31(43-4)32(21-29)44-5/h9-10,13-21,26,30H,6-8,11-12,22-23H2,1-5H3,(H,35,39)/t30-/m0/s1. The van der Waals surface area contributed by atoms with E-state index in [1.165, 1.54) is 37.3 Å². The Balaban J connectivity index is 1.75. The van der Waals surface area contributed by atoms with E-state index in [4.69, 9.17) is 14.2 Å². The zero-order valence-corrected chi connectivity index (χ0v) is 27.4. The van der Waals surface area contributed by atoms with Crippen LogP contribution in [0.4, 0.5) is 5.69 Å². The molecule has 1 aliphatic rings. The number of carbonyl (C=O) groups excluding carboxylic acids is 2. The van der Waals surface area contributed by atoms with E-state index < -0.39 is 28.5 Å². The first-order chi connectivity index (χ1) is 21.6. The molecule has 242 valence electrons. The molecule has 0 saturated heterocycles. The highest BCUT2D eigenvalue weighted by atomic mass is 32.2. The second-order valence-corrected chi connectivity index (χ2v) is 13.0. The number of hydrogen-bond donors (Lipinski definition) is 1. The largest absolute Gasteiger partial charge is 0.497 e. The smallest absolute Gasteiger partial charge is 0.264 e. The molecule has 1 fully saturated rings. The highest BCUT2D eigenvalue weighted by molar-refractivity contribution is 7.92. The lowest BCUT2D eigenvalue weighted by molar-refractivity contribution is -0.140. The molecule has 0 aliphatic heterocycles. The van der Waals surface area contributed by atoms with Gasteiger partial charge in [-0.2, -0.15) is 0 Å². The molecule has 1 atom stereocenters. The van der Waals surface area contributed by atoms with Gasteiger partial charge >= 0.3 is 0 Å². The van der Waals surface area contributed by atoms with Crippen molar-refractivity contribution in [1.29, 1.82) is 0 Å². The van der Waals surface area contributed by atoms with Crippen LogP contribution in [0.2, 0.25) is 0 Å². The molecule has 0 aromatic heterocycles. The molecule has 0 radical (unpaired) electrons. The van der Waals surface area contributed by atoms with Gasteiger partial charge in [0.15, 0.2) is 11.5 Å². The van der Waals surface area contributed by atoms with Crippen molar-refractivity contribution in [3.63, 3.8) is 0 Å². The number of aryl methyl sites for hydroxylation is 1. The monoisotopic (exact) mass is 637 g/mol. The molecule has 4 rings (SSSR count). The third kappa shape index (κ3) is 8.08. The highest BCUT2D eigenvalue weighted by Crippen LogP contribution is 2.32. The number of rotatable bonds is 14. The molecule has 10 nitrogen and oxygen atoms in total. The van der Waals surface area contributed by atoms with Gasteiger partial charge in [-0.15, -0.1) is 0 Å². The third-order valence-electron chi connectivity index (χ3n) is 8.12. The first-order valence-electron chi connectivity index (χ1n) is 15.2. The van der Waals surface area contributed by atoms with Gasteiger partial charge in [0, 0.05) is 18.7 Å². The number of anilines is 1. The minimum Gasteiger partial charge on any atom is -0.497 e. The Hall–Kier alpha value is -4.25. The van der Waals surface area contributed by atoms with Crippen LogP contribution in [-0.4, -0.2) is 65.1 Å². The Labute approximate surface area is 266 Å². The summed E-state index contributed by atoms with van der Waals surface area (Å²) in [4.78, 5) is 29.4. The predicted octanol–water partition coefficient (Wildman–Crippen LogP) is 5.08. The molecule has 0 spiro atoms. The average Bonchev–Trinajstić information content (AvgIpc) is 3.56. The van der Waals surface area contributed by atoms with Gasteiger partial charge in [-0.1, -0.05) is 49.6 Å². The maximum absolute atomic E-state index is 14.4. The number of methoxy groups -OCH3 is 3. The SMILES string of the molecule is CC[C@@H](C(=O)NC1CCCC1)N(Cc1cccc(OC)c1)C(=O)CN(c1ccc(C)cc1)S(=O)(=O)c1ccc(OC)c(OC)c1. The first-order valence-corrected chi connectivity index (χ1v) is 16.6. The molecule has 1 N–H and O–H groups in total. The topological polar surface area (TPSA) is 114 Å². The summed E-state index contributed by atoms with van der Waals surface area (Å²) in [5.74, 6) is 0.461.